The molecule has 0 saturated carbocycles. The van der Waals surface area contributed by atoms with Gasteiger partial charge in [-0.05, 0) is 25.1 Å². The lowest BCUT2D eigenvalue weighted by atomic mass is 10.2. The van der Waals surface area contributed by atoms with E-state index in [1.54, 1.807) is 30.0 Å². The van der Waals surface area contributed by atoms with Crippen molar-refractivity contribution in [1.82, 2.24) is 14.8 Å². The SMILES string of the molecule is CCn1ncnc1COc1cc(C=O)ccc1OC. The first-order chi connectivity index (χ1) is 9.28. The lowest BCUT2D eigenvalue weighted by Crippen LogP contribution is -2.07. The average molecular weight is 261 g/mol. The molecule has 0 bridgehead atoms. The summed E-state index contributed by atoms with van der Waals surface area (Å²) < 4.78 is 12.6. The van der Waals surface area contributed by atoms with Gasteiger partial charge in [0.1, 0.15) is 19.2 Å². The van der Waals surface area contributed by atoms with E-state index in [4.69, 9.17) is 9.47 Å². The van der Waals surface area contributed by atoms with Crippen LogP contribution in [0.3, 0.4) is 0 Å². The number of nitrogens with zero attached hydrogens (tertiary/aromatic N) is 3. The maximum absolute atomic E-state index is 10.8. The highest BCUT2D eigenvalue weighted by Gasteiger charge is 2.08. The zero-order valence-electron chi connectivity index (χ0n) is 10.9. The molecule has 0 unspecified atom stereocenters. The van der Waals surface area contributed by atoms with Crippen LogP contribution in [-0.2, 0) is 13.2 Å². The maximum Gasteiger partial charge on any atom is 0.164 e. The normalized spacial score (nSPS) is 10.2. The zero-order valence-corrected chi connectivity index (χ0v) is 10.9. The van der Waals surface area contributed by atoms with Gasteiger partial charge in [0.25, 0.3) is 0 Å². The molecule has 1 aromatic carbocycles. The van der Waals surface area contributed by atoms with Crippen molar-refractivity contribution in [2.75, 3.05) is 7.11 Å². The molecule has 100 valence electrons. The third-order valence-corrected chi connectivity index (χ3v) is 2.68. The van der Waals surface area contributed by atoms with E-state index in [1.807, 2.05) is 6.92 Å². The van der Waals surface area contributed by atoms with Crippen LogP contribution in [0.1, 0.15) is 23.1 Å². The molecule has 0 radical (unpaired) electrons. The summed E-state index contributed by atoms with van der Waals surface area (Å²) in [7, 11) is 1.55. The fraction of sp³-hybridized carbons (Fsp3) is 0.308. The van der Waals surface area contributed by atoms with E-state index in [0.717, 1.165) is 18.7 Å². The van der Waals surface area contributed by atoms with E-state index in [0.29, 0.717) is 17.1 Å². The highest BCUT2D eigenvalue weighted by molar-refractivity contribution is 5.76. The molecule has 1 aromatic heterocycles. The number of rotatable bonds is 6. The fourth-order valence-corrected chi connectivity index (χ4v) is 1.69. The van der Waals surface area contributed by atoms with Crippen LogP contribution in [0.2, 0.25) is 0 Å². The molecule has 6 heteroatoms. The zero-order chi connectivity index (χ0) is 13.7. The number of ether oxygens (including phenoxy) is 2. The van der Waals surface area contributed by atoms with Gasteiger partial charge in [0.05, 0.1) is 7.11 Å². The summed E-state index contributed by atoms with van der Waals surface area (Å²) in [6, 6.07) is 5.01. The molecule has 0 amide bonds. The van der Waals surface area contributed by atoms with Gasteiger partial charge in [-0.15, -0.1) is 0 Å². The number of aryl methyl sites for hydroxylation is 1. The van der Waals surface area contributed by atoms with Crippen LogP contribution in [0, 0.1) is 0 Å². The Bertz CT molecular complexity index is 566. The van der Waals surface area contributed by atoms with Crippen molar-refractivity contribution in [2.24, 2.45) is 0 Å². The molecule has 6 nitrogen and oxygen atoms in total. The molecule has 0 saturated heterocycles. The molecule has 1 heterocycles. The van der Waals surface area contributed by atoms with Crippen molar-refractivity contribution < 1.29 is 14.3 Å². The number of methoxy groups -OCH3 is 1. The average Bonchev–Trinajstić information content (AvgIpc) is 2.92. The van der Waals surface area contributed by atoms with E-state index >= 15 is 0 Å². The summed E-state index contributed by atoms with van der Waals surface area (Å²) in [5, 5.41) is 4.06. The van der Waals surface area contributed by atoms with Crippen LogP contribution < -0.4 is 9.47 Å². The summed E-state index contributed by atoms with van der Waals surface area (Å²) in [6.45, 7) is 2.97. The Hall–Kier alpha value is -2.37. The predicted octanol–water partition coefficient (Wildman–Crippen LogP) is 1.70. The van der Waals surface area contributed by atoms with E-state index in [9.17, 15) is 4.79 Å². The second-order valence-electron chi connectivity index (χ2n) is 3.81. The lowest BCUT2D eigenvalue weighted by molar-refractivity contribution is 0.112. The molecule has 0 aliphatic heterocycles. The minimum atomic E-state index is 0.270. The Morgan fingerprint density at radius 3 is 2.89 bits per heavy atom. The topological polar surface area (TPSA) is 66.2 Å². The van der Waals surface area contributed by atoms with Crippen LogP contribution in [0.4, 0.5) is 0 Å². The molecule has 0 fully saturated rings. The Labute approximate surface area is 111 Å². The number of hydrogen-bond acceptors (Lipinski definition) is 5. The van der Waals surface area contributed by atoms with Crippen molar-refractivity contribution in [3.05, 3.63) is 35.9 Å². The molecular formula is C13H15N3O3. The third-order valence-electron chi connectivity index (χ3n) is 2.68. The number of benzene rings is 1. The largest absolute Gasteiger partial charge is 0.493 e. The van der Waals surface area contributed by atoms with Crippen molar-refractivity contribution in [3.8, 4) is 11.5 Å². The molecule has 0 aliphatic carbocycles. The molecule has 0 aliphatic rings. The first-order valence-electron chi connectivity index (χ1n) is 5.91. The van der Waals surface area contributed by atoms with Crippen molar-refractivity contribution in [3.63, 3.8) is 0 Å². The lowest BCUT2D eigenvalue weighted by Gasteiger charge is -2.11. The Kier molecular flexibility index (Phi) is 4.12. The Morgan fingerprint density at radius 2 is 2.21 bits per heavy atom. The van der Waals surface area contributed by atoms with Gasteiger partial charge >= 0.3 is 0 Å². The second-order valence-corrected chi connectivity index (χ2v) is 3.81. The summed E-state index contributed by atoms with van der Waals surface area (Å²) in [4.78, 5) is 14.9. The third kappa shape index (κ3) is 2.90. The fourth-order valence-electron chi connectivity index (χ4n) is 1.69. The summed E-state index contributed by atoms with van der Waals surface area (Å²) in [6.07, 6.45) is 2.25. The standard InChI is InChI=1S/C13H15N3O3/c1-3-16-13(14-9-15-16)8-19-12-6-10(7-17)4-5-11(12)18-2/h4-7,9H,3,8H2,1-2H3. The molecule has 2 aromatic rings. The molecule has 19 heavy (non-hydrogen) atoms. The number of aromatic nitrogens is 3. The van der Waals surface area contributed by atoms with E-state index in [-0.39, 0.29) is 6.61 Å². The van der Waals surface area contributed by atoms with Crippen LogP contribution >= 0.6 is 0 Å². The van der Waals surface area contributed by atoms with Gasteiger partial charge in [-0.1, -0.05) is 0 Å². The van der Waals surface area contributed by atoms with Gasteiger partial charge < -0.3 is 9.47 Å². The smallest absolute Gasteiger partial charge is 0.164 e. The van der Waals surface area contributed by atoms with Crippen LogP contribution in [0.15, 0.2) is 24.5 Å². The van der Waals surface area contributed by atoms with Crippen LogP contribution in [0.25, 0.3) is 0 Å². The van der Waals surface area contributed by atoms with Crippen molar-refractivity contribution >= 4 is 6.29 Å². The number of carbonyl (C=O) groups excluding carboxylic acids is 1. The summed E-state index contributed by atoms with van der Waals surface area (Å²) >= 11 is 0. The quantitative estimate of drug-likeness (QED) is 0.740. The van der Waals surface area contributed by atoms with Gasteiger partial charge in [0.15, 0.2) is 17.3 Å². The Morgan fingerprint density at radius 1 is 1.37 bits per heavy atom. The summed E-state index contributed by atoms with van der Waals surface area (Å²) in [5.41, 5.74) is 0.535. The van der Waals surface area contributed by atoms with E-state index in [2.05, 4.69) is 10.1 Å². The molecule has 0 N–H and O–H groups in total. The van der Waals surface area contributed by atoms with Crippen LogP contribution in [-0.4, -0.2) is 28.2 Å². The molecular weight excluding hydrogens is 246 g/mol. The second kappa shape index (κ2) is 5.99. The van der Waals surface area contributed by atoms with Crippen molar-refractivity contribution in [1.29, 1.82) is 0 Å². The molecule has 2 rings (SSSR count). The Balaban J connectivity index is 2.16. The summed E-state index contributed by atoms with van der Waals surface area (Å²) in [5.74, 6) is 1.81. The molecule has 0 atom stereocenters. The van der Waals surface area contributed by atoms with E-state index in [1.165, 1.54) is 6.33 Å². The predicted molar refractivity (Wildman–Crippen MR) is 68.4 cm³/mol. The number of aldehydes is 1. The monoisotopic (exact) mass is 261 g/mol. The number of hydrogen-bond donors (Lipinski definition) is 0. The number of carbonyl (C=O) groups is 1. The van der Waals surface area contributed by atoms with Gasteiger partial charge in [-0.2, -0.15) is 5.10 Å². The molecule has 0 spiro atoms. The van der Waals surface area contributed by atoms with Gasteiger partial charge in [-0.3, -0.25) is 4.79 Å². The van der Waals surface area contributed by atoms with Gasteiger partial charge in [0, 0.05) is 12.1 Å². The van der Waals surface area contributed by atoms with Crippen LogP contribution in [0.5, 0.6) is 11.5 Å². The minimum Gasteiger partial charge on any atom is -0.493 e. The van der Waals surface area contributed by atoms with Crippen molar-refractivity contribution in [2.45, 2.75) is 20.1 Å². The maximum atomic E-state index is 10.8. The van der Waals surface area contributed by atoms with E-state index < -0.39 is 0 Å². The van der Waals surface area contributed by atoms with Gasteiger partial charge in [-0.25, -0.2) is 9.67 Å². The first-order valence-corrected chi connectivity index (χ1v) is 5.91. The highest BCUT2D eigenvalue weighted by Crippen LogP contribution is 2.28. The highest BCUT2D eigenvalue weighted by atomic mass is 16.5. The first kappa shape index (κ1) is 13.1. The van der Waals surface area contributed by atoms with Gasteiger partial charge in [0.2, 0.25) is 0 Å². The minimum absolute atomic E-state index is 0.270.